The third-order valence-corrected chi connectivity index (χ3v) is 4.04. The molecule has 0 radical (unpaired) electrons. The average Bonchev–Trinajstić information content (AvgIpc) is 2.96. The average molecular weight is 371 g/mol. The lowest BCUT2D eigenvalue weighted by molar-refractivity contribution is 0.0600. The van der Waals surface area contributed by atoms with Crippen molar-refractivity contribution in [1.82, 2.24) is 9.78 Å². The monoisotopic (exact) mass is 370 g/mol. The Labute approximate surface area is 154 Å². The molecule has 1 aromatic heterocycles. The Morgan fingerprint density at radius 1 is 1.00 bits per heavy atom. The van der Waals surface area contributed by atoms with Crippen molar-refractivity contribution in [2.45, 2.75) is 6.92 Å². The number of hydrogen-bond acceptors (Lipinski definition) is 5. The molecule has 0 amide bonds. The summed E-state index contributed by atoms with van der Waals surface area (Å²) in [6.07, 6.45) is 0. The minimum Gasteiger partial charge on any atom is -0.465 e. The smallest absolute Gasteiger partial charge is 0.348 e. The van der Waals surface area contributed by atoms with Gasteiger partial charge in [0.2, 0.25) is 0 Å². The van der Waals surface area contributed by atoms with Crippen LogP contribution in [0.4, 0.5) is 0 Å². The number of methoxy groups -OCH3 is 1. The van der Waals surface area contributed by atoms with Gasteiger partial charge in [0.25, 0.3) is 0 Å². The molecule has 3 aromatic rings. The van der Waals surface area contributed by atoms with Crippen LogP contribution in [0.15, 0.2) is 54.6 Å². The summed E-state index contributed by atoms with van der Waals surface area (Å²) in [6, 6.07) is 15.3. The van der Waals surface area contributed by atoms with Crippen LogP contribution in [0.5, 0.6) is 5.75 Å². The summed E-state index contributed by atoms with van der Waals surface area (Å²) < 4.78 is 11.5. The Balaban J connectivity index is 1.84. The van der Waals surface area contributed by atoms with Crippen LogP contribution in [-0.2, 0) is 4.74 Å². The quantitative estimate of drug-likeness (QED) is 0.515. The van der Waals surface area contributed by atoms with E-state index in [4.69, 9.17) is 16.3 Å². The SMILES string of the molecule is COC(=O)c1ccc(OC(=O)c2c(C)nn(-c3ccccc3)c2Cl)cc1. The second kappa shape index (κ2) is 7.41. The summed E-state index contributed by atoms with van der Waals surface area (Å²) >= 11 is 6.35. The number of aryl methyl sites for hydroxylation is 1. The molecule has 0 unspecified atom stereocenters. The van der Waals surface area contributed by atoms with Gasteiger partial charge in [0, 0.05) is 0 Å². The van der Waals surface area contributed by atoms with Crippen molar-refractivity contribution < 1.29 is 19.1 Å². The zero-order valence-corrected chi connectivity index (χ0v) is 14.9. The van der Waals surface area contributed by atoms with Crippen LogP contribution in [0, 0.1) is 6.92 Å². The van der Waals surface area contributed by atoms with E-state index in [9.17, 15) is 9.59 Å². The maximum atomic E-state index is 12.5. The fraction of sp³-hybridized carbons (Fsp3) is 0.105. The van der Waals surface area contributed by atoms with Crippen molar-refractivity contribution in [2.75, 3.05) is 7.11 Å². The van der Waals surface area contributed by atoms with Crippen LogP contribution in [0.1, 0.15) is 26.4 Å². The van der Waals surface area contributed by atoms with Gasteiger partial charge in [-0.1, -0.05) is 29.8 Å². The molecule has 1 heterocycles. The van der Waals surface area contributed by atoms with Gasteiger partial charge >= 0.3 is 11.9 Å². The molecule has 26 heavy (non-hydrogen) atoms. The number of ether oxygens (including phenoxy) is 2. The molecule has 0 bridgehead atoms. The molecular weight excluding hydrogens is 356 g/mol. The first kappa shape index (κ1) is 17.7. The van der Waals surface area contributed by atoms with Crippen molar-refractivity contribution in [3.63, 3.8) is 0 Å². The van der Waals surface area contributed by atoms with E-state index in [-0.39, 0.29) is 16.5 Å². The number of rotatable bonds is 4. The van der Waals surface area contributed by atoms with Gasteiger partial charge in [-0.05, 0) is 43.3 Å². The Hall–Kier alpha value is -3.12. The van der Waals surface area contributed by atoms with Crippen molar-refractivity contribution in [3.8, 4) is 11.4 Å². The predicted molar refractivity (Wildman–Crippen MR) is 96.1 cm³/mol. The largest absolute Gasteiger partial charge is 0.465 e. The minimum atomic E-state index is -0.625. The summed E-state index contributed by atoms with van der Waals surface area (Å²) in [5, 5.41) is 4.49. The maximum absolute atomic E-state index is 12.5. The number of esters is 2. The number of para-hydroxylation sites is 1. The molecule has 0 fully saturated rings. The molecule has 3 rings (SSSR count). The van der Waals surface area contributed by atoms with Crippen molar-refractivity contribution in [1.29, 1.82) is 0 Å². The summed E-state index contributed by atoms with van der Waals surface area (Å²) in [4.78, 5) is 24.0. The Morgan fingerprint density at radius 3 is 2.27 bits per heavy atom. The van der Waals surface area contributed by atoms with Crippen LogP contribution >= 0.6 is 11.6 Å². The molecule has 132 valence electrons. The predicted octanol–water partition coefficient (Wildman–Crippen LogP) is 3.84. The van der Waals surface area contributed by atoms with E-state index in [1.807, 2.05) is 30.3 Å². The summed E-state index contributed by atoms with van der Waals surface area (Å²) in [5.74, 6) is -0.808. The highest BCUT2D eigenvalue weighted by Gasteiger charge is 2.23. The molecule has 0 atom stereocenters. The number of nitrogens with zero attached hydrogens (tertiary/aromatic N) is 2. The number of benzene rings is 2. The van der Waals surface area contributed by atoms with Crippen molar-refractivity contribution >= 4 is 23.5 Å². The van der Waals surface area contributed by atoms with Crippen LogP contribution in [0.25, 0.3) is 5.69 Å². The molecule has 0 aliphatic rings. The van der Waals surface area contributed by atoms with E-state index in [2.05, 4.69) is 9.84 Å². The molecular formula is C19H15ClN2O4. The lowest BCUT2D eigenvalue weighted by Gasteiger charge is -2.06. The fourth-order valence-corrected chi connectivity index (χ4v) is 2.76. The highest BCUT2D eigenvalue weighted by atomic mass is 35.5. The molecule has 0 saturated carbocycles. The number of carbonyl (C=O) groups excluding carboxylic acids is 2. The first-order valence-electron chi connectivity index (χ1n) is 7.72. The maximum Gasteiger partial charge on any atom is 0.348 e. The second-order valence-corrected chi connectivity index (χ2v) is 5.76. The second-order valence-electron chi connectivity index (χ2n) is 5.40. The Bertz CT molecular complexity index is 950. The van der Waals surface area contributed by atoms with E-state index in [0.29, 0.717) is 11.3 Å². The lowest BCUT2D eigenvalue weighted by atomic mass is 10.2. The zero-order valence-electron chi connectivity index (χ0n) is 14.1. The molecule has 0 spiro atoms. The zero-order chi connectivity index (χ0) is 18.7. The molecule has 0 aliphatic carbocycles. The normalized spacial score (nSPS) is 10.4. The van der Waals surface area contributed by atoms with Gasteiger partial charge in [0.05, 0.1) is 24.1 Å². The van der Waals surface area contributed by atoms with E-state index in [1.54, 1.807) is 6.92 Å². The molecule has 0 aliphatic heterocycles. The molecule has 0 saturated heterocycles. The van der Waals surface area contributed by atoms with Crippen LogP contribution in [0.3, 0.4) is 0 Å². The molecule has 7 heteroatoms. The summed E-state index contributed by atoms with van der Waals surface area (Å²) in [5.41, 5.74) is 1.74. The highest BCUT2D eigenvalue weighted by Crippen LogP contribution is 2.25. The van der Waals surface area contributed by atoms with Crippen LogP contribution in [-0.4, -0.2) is 28.8 Å². The van der Waals surface area contributed by atoms with Crippen molar-refractivity contribution in [2.24, 2.45) is 0 Å². The standard InChI is InChI=1S/C19H15ClN2O4/c1-12-16(17(20)22(21-12)14-6-4-3-5-7-14)19(24)26-15-10-8-13(9-11-15)18(23)25-2/h3-11H,1-2H3. The lowest BCUT2D eigenvalue weighted by Crippen LogP contribution is -2.10. The van der Waals surface area contributed by atoms with E-state index in [1.165, 1.54) is 36.1 Å². The first-order valence-corrected chi connectivity index (χ1v) is 8.10. The van der Waals surface area contributed by atoms with Gasteiger partial charge in [0.15, 0.2) is 0 Å². The van der Waals surface area contributed by atoms with Gasteiger partial charge < -0.3 is 9.47 Å². The van der Waals surface area contributed by atoms with Crippen molar-refractivity contribution in [3.05, 3.63) is 76.6 Å². The van der Waals surface area contributed by atoms with Gasteiger partial charge in [-0.25, -0.2) is 14.3 Å². The van der Waals surface area contributed by atoms with Gasteiger partial charge in [0.1, 0.15) is 16.5 Å². The summed E-state index contributed by atoms with van der Waals surface area (Å²) in [7, 11) is 1.30. The third kappa shape index (κ3) is 3.45. The molecule has 6 nitrogen and oxygen atoms in total. The number of hydrogen-bond donors (Lipinski definition) is 0. The van der Waals surface area contributed by atoms with Gasteiger partial charge in [-0.3, -0.25) is 0 Å². The van der Waals surface area contributed by atoms with Crippen LogP contribution in [0.2, 0.25) is 5.15 Å². The van der Waals surface area contributed by atoms with Crippen LogP contribution < -0.4 is 4.74 Å². The van der Waals surface area contributed by atoms with E-state index < -0.39 is 11.9 Å². The Kier molecular flexibility index (Phi) is 5.04. The number of carbonyl (C=O) groups is 2. The fourth-order valence-electron chi connectivity index (χ4n) is 2.41. The molecule has 0 N–H and O–H groups in total. The highest BCUT2D eigenvalue weighted by molar-refractivity contribution is 6.33. The van der Waals surface area contributed by atoms with E-state index in [0.717, 1.165) is 5.69 Å². The summed E-state index contributed by atoms with van der Waals surface area (Å²) in [6.45, 7) is 1.68. The topological polar surface area (TPSA) is 70.4 Å². The van der Waals surface area contributed by atoms with E-state index >= 15 is 0 Å². The minimum absolute atomic E-state index is 0.171. The van der Waals surface area contributed by atoms with Gasteiger partial charge in [-0.15, -0.1) is 0 Å². The van der Waals surface area contributed by atoms with Gasteiger partial charge in [-0.2, -0.15) is 5.10 Å². The number of aromatic nitrogens is 2. The Morgan fingerprint density at radius 2 is 1.65 bits per heavy atom. The first-order chi connectivity index (χ1) is 12.5. The number of halogens is 1. The molecule has 2 aromatic carbocycles. The third-order valence-electron chi connectivity index (χ3n) is 3.69.